The Morgan fingerprint density at radius 2 is 1.78 bits per heavy atom. The molecule has 1 fully saturated rings. The van der Waals surface area contributed by atoms with E-state index in [1.807, 2.05) is 49.4 Å². The molecule has 0 bridgehead atoms. The molecule has 0 saturated carbocycles. The SMILES string of the molecule is CCNC(=O)c1ccc(CNC(=O)C2CCCOC2c2ccccc2)cc1. The van der Waals surface area contributed by atoms with Gasteiger partial charge in [0.1, 0.15) is 0 Å². The highest BCUT2D eigenvalue weighted by Gasteiger charge is 2.32. The maximum absolute atomic E-state index is 12.8. The smallest absolute Gasteiger partial charge is 0.251 e. The van der Waals surface area contributed by atoms with E-state index in [0.29, 0.717) is 25.3 Å². The largest absolute Gasteiger partial charge is 0.373 e. The zero-order valence-electron chi connectivity index (χ0n) is 15.6. The van der Waals surface area contributed by atoms with Crippen LogP contribution >= 0.6 is 0 Å². The van der Waals surface area contributed by atoms with Crippen LogP contribution in [0.1, 0.15) is 47.4 Å². The maximum Gasteiger partial charge on any atom is 0.251 e. The van der Waals surface area contributed by atoms with Crippen LogP contribution in [0.2, 0.25) is 0 Å². The lowest BCUT2D eigenvalue weighted by atomic mass is 9.88. The van der Waals surface area contributed by atoms with Crippen molar-refractivity contribution < 1.29 is 14.3 Å². The van der Waals surface area contributed by atoms with Crippen molar-refractivity contribution >= 4 is 11.8 Å². The molecule has 0 spiro atoms. The summed E-state index contributed by atoms with van der Waals surface area (Å²) in [5.74, 6) is -0.259. The van der Waals surface area contributed by atoms with Gasteiger partial charge in [-0.05, 0) is 43.0 Å². The molecule has 2 N–H and O–H groups in total. The number of benzene rings is 2. The van der Waals surface area contributed by atoms with Gasteiger partial charge in [-0.1, -0.05) is 42.5 Å². The predicted molar refractivity (Wildman–Crippen MR) is 104 cm³/mol. The summed E-state index contributed by atoms with van der Waals surface area (Å²) in [4.78, 5) is 24.6. The van der Waals surface area contributed by atoms with Crippen LogP contribution in [0.3, 0.4) is 0 Å². The summed E-state index contributed by atoms with van der Waals surface area (Å²) in [6.45, 7) is 3.61. The Bertz CT molecular complexity index is 759. The van der Waals surface area contributed by atoms with E-state index >= 15 is 0 Å². The van der Waals surface area contributed by atoms with Crippen LogP contribution in [0, 0.1) is 5.92 Å². The Morgan fingerprint density at radius 1 is 1.04 bits per heavy atom. The number of carbonyl (C=O) groups excluding carboxylic acids is 2. The lowest BCUT2D eigenvalue weighted by Gasteiger charge is -2.31. The van der Waals surface area contributed by atoms with E-state index in [2.05, 4.69) is 10.6 Å². The normalized spacial score (nSPS) is 19.3. The third kappa shape index (κ3) is 4.95. The Balaban J connectivity index is 1.60. The molecule has 5 nitrogen and oxygen atoms in total. The van der Waals surface area contributed by atoms with E-state index < -0.39 is 0 Å². The van der Waals surface area contributed by atoms with Crippen molar-refractivity contribution in [1.29, 1.82) is 0 Å². The van der Waals surface area contributed by atoms with Crippen molar-refractivity contribution in [3.05, 3.63) is 71.3 Å². The number of amides is 2. The molecule has 1 saturated heterocycles. The van der Waals surface area contributed by atoms with Crippen molar-refractivity contribution in [2.24, 2.45) is 5.92 Å². The average molecular weight is 366 g/mol. The molecular weight excluding hydrogens is 340 g/mol. The minimum absolute atomic E-state index is 0.0105. The van der Waals surface area contributed by atoms with Crippen LogP contribution in [0.25, 0.3) is 0 Å². The molecule has 142 valence electrons. The van der Waals surface area contributed by atoms with E-state index in [-0.39, 0.29) is 23.8 Å². The molecule has 2 amide bonds. The van der Waals surface area contributed by atoms with Gasteiger partial charge in [0.05, 0.1) is 12.0 Å². The fraction of sp³-hybridized carbons (Fsp3) is 0.364. The van der Waals surface area contributed by atoms with Gasteiger partial charge in [-0.15, -0.1) is 0 Å². The van der Waals surface area contributed by atoms with Crippen LogP contribution in [0.5, 0.6) is 0 Å². The highest BCUT2D eigenvalue weighted by Crippen LogP contribution is 2.33. The number of rotatable bonds is 6. The van der Waals surface area contributed by atoms with Crippen LogP contribution in [0.4, 0.5) is 0 Å². The minimum Gasteiger partial charge on any atom is -0.373 e. The zero-order valence-corrected chi connectivity index (χ0v) is 15.6. The van der Waals surface area contributed by atoms with E-state index in [1.54, 1.807) is 12.1 Å². The molecule has 1 aliphatic heterocycles. The van der Waals surface area contributed by atoms with E-state index in [9.17, 15) is 9.59 Å². The summed E-state index contributed by atoms with van der Waals surface area (Å²) in [6, 6.07) is 17.2. The summed E-state index contributed by atoms with van der Waals surface area (Å²) in [5.41, 5.74) is 2.63. The Hall–Kier alpha value is -2.66. The second-order valence-corrected chi connectivity index (χ2v) is 6.72. The molecule has 0 aromatic heterocycles. The molecule has 2 aromatic carbocycles. The van der Waals surface area contributed by atoms with Crippen molar-refractivity contribution in [1.82, 2.24) is 10.6 Å². The van der Waals surface area contributed by atoms with Gasteiger partial charge in [-0.25, -0.2) is 0 Å². The standard InChI is InChI=1S/C22H26N2O3/c1-2-23-21(25)18-12-10-16(11-13-18)15-24-22(26)19-9-6-14-27-20(19)17-7-4-3-5-8-17/h3-5,7-8,10-13,19-20H,2,6,9,14-15H2,1H3,(H,23,25)(H,24,26). The topological polar surface area (TPSA) is 67.4 Å². The van der Waals surface area contributed by atoms with Crippen LogP contribution in [0.15, 0.2) is 54.6 Å². The first-order valence-electron chi connectivity index (χ1n) is 9.50. The maximum atomic E-state index is 12.8. The van der Waals surface area contributed by atoms with Crippen LogP contribution in [-0.2, 0) is 16.1 Å². The van der Waals surface area contributed by atoms with Gasteiger partial charge in [0.15, 0.2) is 0 Å². The summed E-state index contributed by atoms with van der Waals surface area (Å²) in [7, 11) is 0. The van der Waals surface area contributed by atoms with Crippen molar-refractivity contribution in [3.8, 4) is 0 Å². The molecule has 0 aliphatic carbocycles. The second kappa shape index (κ2) is 9.33. The molecule has 3 rings (SSSR count). The Morgan fingerprint density at radius 3 is 2.48 bits per heavy atom. The van der Waals surface area contributed by atoms with Gasteiger partial charge in [0.25, 0.3) is 5.91 Å². The lowest BCUT2D eigenvalue weighted by molar-refractivity contribution is -0.134. The molecule has 5 heteroatoms. The molecule has 1 heterocycles. The first kappa shape index (κ1) is 19.1. The molecule has 1 aliphatic rings. The lowest BCUT2D eigenvalue weighted by Crippen LogP contribution is -2.37. The summed E-state index contributed by atoms with van der Waals surface area (Å²) in [6.07, 6.45) is 1.52. The third-order valence-electron chi connectivity index (χ3n) is 4.81. The van der Waals surface area contributed by atoms with Crippen LogP contribution in [-0.4, -0.2) is 25.0 Å². The third-order valence-corrected chi connectivity index (χ3v) is 4.81. The summed E-state index contributed by atoms with van der Waals surface area (Å²) >= 11 is 0. The first-order valence-corrected chi connectivity index (χ1v) is 9.50. The number of hydrogen-bond donors (Lipinski definition) is 2. The van der Waals surface area contributed by atoms with E-state index in [0.717, 1.165) is 24.0 Å². The molecular formula is C22H26N2O3. The monoisotopic (exact) mass is 366 g/mol. The number of ether oxygens (including phenoxy) is 1. The van der Waals surface area contributed by atoms with Crippen molar-refractivity contribution in [3.63, 3.8) is 0 Å². The quantitative estimate of drug-likeness (QED) is 0.825. The first-order chi connectivity index (χ1) is 13.2. The van der Waals surface area contributed by atoms with Gasteiger partial charge in [0.2, 0.25) is 5.91 Å². The Kier molecular flexibility index (Phi) is 6.60. The van der Waals surface area contributed by atoms with Gasteiger partial charge in [0, 0.05) is 25.3 Å². The molecule has 2 unspecified atom stereocenters. The molecule has 27 heavy (non-hydrogen) atoms. The number of hydrogen-bond acceptors (Lipinski definition) is 3. The van der Waals surface area contributed by atoms with E-state index in [1.165, 1.54) is 0 Å². The van der Waals surface area contributed by atoms with Gasteiger partial charge in [-0.3, -0.25) is 9.59 Å². The fourth-order valence-corrected chi connectivity index (χ4v) is 3.38. The molecule has 2 atom stereocenters. The highest BCUT2D eigenvalue weighted by molar-refractivity contribution is 5.94. The second-order valence-electron chi connectivity index (χ2n) is 6.72. The van der Waals surface area contributed by atoms with Crippen molar-refractivity contribution in [2.75, 3.05) is 13.2 Å². The van der Waals surface area contributed by atoms with Gasteiger partial charge >= 0.3 is 0 Å². The summed E-state index contributed by atoms with van der Waals surface area (Å²) < 4.78 is 5.91. The highest BCUT2D eigenvalue weighted by atomic mass is 16.5. The number of nitrogens with one attached hydrogen (secondary N) is 2. The van der Waals surface area contributed by atoms with E-state index in [4.69, 9.17) is 4.74 Å². The van der Waals surface area contributed by atoms with Gasteiger partial charge in [-0.2, -0.15) is 0 Å². The summed E-state index contributed by atoms with van der Waals surface area (Å²) in [5, 5.41) is 5.80. The molecule has 0 radical (unpaired) electrons. The Labute approximate surface area is 160 Å². The van der Waals surface area contributed by atoms with Gasteiger partial charge < -0.3 is 15.4 Å². The zero-order chi connectivity index (χ0) is 19.1. The fourth-order valence-electron chi connectivity index (χ4n) is 3.38. The van der Waals surface area contributed by atoms with Crippen molar-refractivity contribution in [2.45, 2.75) is 32.4 Å². The average Bonchev–Trinajstić information content (AvgIpc) is 2.73. The van der Waals surface area contributed by atoms with Crippen LogP contribution < -0.4 is 10.6 Å². The molecule has 2 aromatic rings. The minimum atomic E-state index is -0.194. The predicted octanol–water partition coefficient (Wildman–Crippen LogP) is 3.22. The number of carbonyl (C=O) groups is 2.